The lowest BCUT2D eigenvalue weighted by molar-refractivity contribution is -0.126. The van der Waals surface area contributed by atoms with Gasteiger partial charge in [-0.1, -0.05) is 18.2 Å². The number of benzene rings is 1. The first-order valence-electron chi connectivity index (χ1n) is 6.89. The van der Waals surface area contributed by atoms with E-state index >= 15 is 0 Å². The Labute approximate surface area is 112 Å². The van der Waals surface area contributed by atoms with Crippen LogP contribution in [-0.4, -0.2) is 24.2 Å². The topological polar surface area (TPSA) is 37.3 Å². The summed E-state index contributed by atoms with van der Waals surface area (Å²) in [5.74, 6) is 0.321. The fourth-order valence-electron chi connectivity index (χ4n) is 3.52. The van der Waals surface area contributed by atoms with Crippen LogP contribution in [0.25, 0.3) is 10.9 Å². The van der Waals surface area contributed by atoms with Crippen molar-refractivity contribution in [2.75, 3.05) is 18.6 Å². The first-order chi connectivity index (χ1) is 9.27. The Morgan fingerprint density at radius 3 is 3.05 bits per heavy atom. The molecular formula is C15H17N3O. The standard InChI is InChI=1S/C15H17N3O/c1-17-15(19)11-6-4-8-16-14(11)13-9-10-5-2-3-7-12(10)18(13)17/h2-3,5,7,9,11,14,16H,4,6,8H2,1H3/t11-,14-/m1/s1. The third-order valence-corrected chi connectivity index (χ3v) is 4.43. The third kappa shape index (κ3) is 1.40. The predicted molar refractivity (Wildman–Crippen MR) is 74.6 cm³/mol. The molecule has 0 radical (unpaired) electrons. The minimum absolute atomic E-state index is 0.0931. The number of aromatic nitrogens is 1. The highest BCUT2D eigenvalue weighted by Crippen LogP contribution is 2.37. The van der Waals surface area contributed by atoms with Crippen molar-refractivity contribution in [2.24, 2.45) is 5.92 Å². The number of piperidine rings is 1. The second-order valence-electron chi connectivity index (χ2n) is 5.48. The van der Waals surface area contributed by atoms with E-state index in [1.165, 1.54) is 11.1 Å². The third-order valence-electron chi connectivity index (χ3n) is 4.43. The Balaban J connectivity index is 1.98. The van der Waals surface area contributed by atoms with E-state index in [0.29, 0.717) is 0 Å². The van der Waals surface area contributed by atoms with Crippen LogP contribution in [0.2, 0.25) is 0 Å². The zero-order chi connectivity index (χ0) is 13.0. The fourth-order valence-corrected chi connectivity index (χ4v) is 3.52. The molecule has 4 heteroatoms. The van der Waals surface area contributed by atoms with Crippen molar-refractivity contribution in [1.82, 2.24) is 9.99 Å². The lowest BCUT2D eigenvalue weighted by Gasteiger charge is -2.40. The Morgan fingerprint density at radius 2 is 2.16 bits per heavy atom. The Hall–Kier alpha value is -1.81. The molecule has 2 aliphatic rings. The van der Waals surface area contributed by atoms with Crippen LogP contribution in [0.3, 0.4) is 0 Å². The lowest BCUT2D eigenvalue weighted by Crippen LogP contribution is -2.53. The van der Waals surface area contributed by atoms with Crippen molar-refractivity contribution in [3.63, 3.8) is 0 Å². The molecule has 0 spiro atoms. The van der Waals surface area contributed by atoms with E-state index in [0.717, 1.165) is 24.9 Å². The number of nitrogens with one attached hydrogen (secondary N) is 1. The Morgan fingerprint density at radius 1 is 1.32 bits per heavy atom. The molecule has 1 aromatic heterocycles. The van der Waals surface area contributed by atoms with Crippen LogP contribution in [0.4, 0.5) is 0 Å². The molecule has 1 fully saturated rings. The average molecular weight is 255 g/mol. The molecule has 3 heterocycles. The predicted octanol–water partition coefficient (Wildman–Crippen LogP) is 1.79. The molecule has 2 aliphatic heterocycles. The van der Waals surface area contributed by atoms with Crippen LogP contribution >= 0.6 is 0 Å². The van der Waals surface area contributed by atoms with Crippen molar-refractivity contribution in [3.8, 4) is 0 Å². The SMILES string of the molecule is CN1C(=O)[C@@H]2CCCN[C@H]2c2cc3ccccc3n21. The van der Waals surface area contributed by atoms with Crippen molar-refractivity contribution >= 4 is 16.8 Å². The second-order valence-corrected chi connectivity index (χ2v) is 5.48. The maximum absolute atomic E-state index is 12.5. The Bertz CT molecular complexity index is 660. The van der Waals surface area contributed by atoms with E-state index in [2.05, 4.69) is 28.2 Å². The van der Waals surface area contributed by atoms with Gasteiger partial charge in [0, 0.05) is 12.4 Å². The molecule has 1 N–H and O–H groups in total. The number of amides is 1. The maximum atomic E-state index is 12.5. The first kappa shape index (κ1) is 11.1. The van der Waals surface area contributed by atoms with Crippen molar-refractivity contribution in [2.45, 2.75) is 18.9 Å². The van der Waals surface area contributed by atoms with Gasteiger partial charge >= 0.3 is 0 Å². The van der Waals surface area contributed by atoms with Gasteiger partial charge in [-0.25, -0.2) is 0 Å². The summed E-state index contributed by atoms with van der Waals surface area (Å²) in [4.78, 5) is 12.5. The van der Waals surface area contributed by atoms with Gasteiger partial charge in [0.15, 0.2) is 0 Å². The van der Waals surface area contributed by atoms with Crippen molar-refractivity contribution in [3.05, 3.63) is 36.0 Å². The number of nitrogens with zero attached hydrogens (tertiary/aromatic N) is 2. The summed E-state index contributed by atoms with van der Waals surface area (Å²) in [6.07, 6.45) is 2.07. The highest BCUT2D eigenvalue weighted by atomic mass is 16.2. The van der Waals surface area contributed by atoms with Gasteiger partial charge in [-0.15, -0.1) is 0 Å². The van der Waals surface area contributed by atoms with Crippen LogP contribution in [0.15, 0.2) is 30.3 Å². The van der Waals surface area contributed by atoms with Gasteiger partial charge in [0.2, 0.25) is 5.91 Å². The second kappa shape index (κ2) is 3.84. The number of fused-ring (bicyclic) bond motifs is 5. The molecule has 4 nitrogen and oxygen atoms in total. The molecule has 1 amide bonds. The van der Waals surface area contributed by atoms with E-state index in [4.69, 9.17) is 0 Å². The number of hydrogen-bond donors (Lipinski definition) is 1. The lowest BCUT2D eigenvalue weighted by atomic mass is 9.87. The summed E-state index contributed by atoms with van der Waals surface area (Å²) >= 11 is 0. The summed E-state index contributed by atoms with van der Waals surface area (Å²) in [5.41, 5.74) is 2.33. The zero-order valence-electron chi connectivity index (χ0n) is 11.0. The molecule has 19 heavy (non-hydrogen) atoms. The van der Waals surface area contributed by atoms with Crippen LogP contribution in [0, 0.1) is 5.92 Å². The normalized spacial score (nSPS) is 26.4. The molecule has 1 aromatic carbocycles. The van der Waals surface area contributed by atoms with Crippen LogP contribution in [-0.2, 0) is 4.79 Å². The van der Waals surface area contributed by atoms with E-state index in [1.807, 2.05) is 19.2 Å². The molecular weight excluding hydrogens is 238 g/mol. The molecule has 0 saturated carbocycles. The van der Waals surface area contributed by atoms with Crippen LogP contribution in [0.1, 0.15) is 24.6 Å². The summed E-state index contributed by atoms with van der Waals surface area (Å²) < 4.78 is 2.07. The number of carbonyl (C=O) groups is 1. The van der Waals surface area contributed by atoms with E-state index in [9.17, 15) is 4.79 Å². The maximum Gasteiger partial charge on any atom is 0.246 e. The quantitative estimate of drug-likeness (QED) is 0.779. The van der Waals surface area contributed by atoms with Gasteiger partial charge in [0.25, 0.3) is 0 Å². The first-order valence-corrected chi connectivity index (χ1v) is 6.89. The van der Waals surface area contributed by atoms with Gasteiger partial charge in [-0.05, 0) is 31.5 Å². The monoisotopic (exact) mass is 255 g/mol. The highest BCUT2D eigenvalue weighted by molar-refractivity contribution is 5.94. The summed E-state index contributed by atoms with van der Waals surface area (Å²) in [7, 11) is 1.88. The highest BCUT2D eigenvalue weighted by Gasteiger charge is 2.40. The van der Waals surface area contributed by atoms with Gasteiger partial charge < -0.3 is 5.32 Å². The average Bonchev–Trinajstić information content (AvgIpc) is 2.84. The van der Waals surface area contributed by atoms with Gasteiger partial charge in [-0.2, -0.15) is 0 Å². The van der Waals surface area contributed by atoms with E-state index in [-0.39, 0.29) is 17.9 Å². The number of para-hydroxylation sites is 1. The number of hydrogen-bond acceptors (Lipinski definition) is 2. The molecule has 98 valence electrons. The smallest absolute Gasteiger partial charge is 0.246 e. The van der Waals surface area contributed by atoms with E-state index < -0.39 is 0 Å². The summed E-state index contributed by atoms with van der Waals surface area (Å²) in [6, 6.07) is 10.6. The zero-order valence-corrected chi connectivity index (χ0v) is 11.0. The minimum Gasteiger partial charge on any atom is -0.308 e. The molecule has 0 aliphatic carbocycles. The molecule has 0 bridgehead atoms. The molecule has 2 atom stereocenters. The summed E-state index contributed by atoms with van der Waals surface area (Å²) in [6.45, 7) is 1.000. The largest absolute Gasteiger partial charge is 0.308 e. The summed E-state index contributed by atoms with van der Waals surface area (Å²) in [5, 5.41) is 6.50. The van der Waals surface area contributed by atoms with Gasteiger partial charge in [0.1, 0.15) is 0 Å². The van der Waals surface area contributed by atoms with Crippen molar-refractivity contribution < 1.29 is 4.79 Å². The fraction of sp³-hybridized carbons (Fsp3) is 0.400. The van der Waals surface area contributed by atoms with Crippen LogP contribution < -0.4 is 10.3 Å². The van der Waals surface area contributed by atoms with Gasteiger partial charge in [0.05, 0.1) is 23.2 Å². The minimum atomic E-state index is 0.0931. The van der Waals surface area contributed by atoms with Crippen LogP contribution in [0.5, 0.6) is 0 Å². The molecule has 2 aromatic rings. The molecule has 1 saturated heterocycles. The molecule has 4 rings (SSSR count). The number of rotatable bonds is 0. The van der Waals surface area contributed by atoms with Gasteiger partial charge in [-0.3, -0.25) is 14.5 Å². The molecule has 0 unspecified atom stereocenters. The Kier molecular flexibility index (Phi) is 2.23. The van der Waals surface area contributed by atoms with Crippen molar-refractivity contribution in [1.29, 1.82) is 0 Å². The number of carbonyl (C=O) groups excluding carboxylic acids is 1. The van der Waals surface area contributed by atoms with E-state index in [1.54, 1.807) is 5.01 Å².